The Morgan fingerprint density at radius 1 is 1.26 bits per heavy atom. The van der Waals surface area contributed by atoms with Crippen molar-refractivity contribution in [3.63, 3.8) is 0 Å². The molecular formula is C14H17N5. The zero-order chi connectivity index (χ0) is 13.4. The summed E-state index contributed by atoms with van der Waals surface area (Å²) >= 11 is 0. The predicted octanol–water partition coefficient (Wildman–Crippen LogP) is 1.76. The number of hydrogen-bond acceptors (Lipinski definition) is 5. The van der Waals surface area contributed by atoms with Gasteiger partial charge >= 0.3 is 0 Å². The number of nitrogens with one attached hydrogen (secondary N) is 1. The molecule has 0 unspecified atom stereocenters. The molecule has 0 saturated heterocycles. The molecule has 0 bridgehead atoms. The molecule has 0 atom stereocenters. The van der Waals surface area contributed by atoms with Crippen LogP contribution in [0.4, 0.5) is 17.5 Å². The second-order valence-corrected chi connectivity index (χ2v) is 4.88. The molecule has 3 rings (SSSR count). The number of nitrogens with zero attached hydrogens (tertiary/aromatic N) is 3. The summed E-state index contributed by atoms with van der Waals surface area (Å²) in [6, 6.07) is 8.30. The third kappa shape index (κ3) is 2.07. The van der Waals surface area contributed by atoms with Gasteiger partial charge in [0.25, 0.3) is 0 Å². The molecule has 5 nitrogen and oxygen atoms in total. The number of benzene rings is 1. The monoisotopic (exact) mass is 255 g/mol. The fraction of sp³-hybridized carbons (Fsp3) is 0.286. The summed E-state index contributed by atoms with van der Waals surface area (Å²) in [5.41, 5.74) is 10.1. The first-order valence-electron chi connectivity index (χ1n) is 6.33. The van der Waals surface area contributed by atoms with Gasteiger partial charge in [-0.3, -0.25) is 0 Å². The second kappa shape index (κ2) is 4.42. The van der Waals surface area contributed by atoms with Gasteiger partial charge in [-0.05, 0) is 18.6 Å². The first-order valence-corrected chi connectivity index (χ1v) is 6.33. The van der Waals surface area contributed by atoms with Crippen LogP contribution >= 0.6 is 0 Å². The highest BCUT2D eigenvalue weighted by Crippen LogP contribution is 2.32. The molecule has 1 aliphatic rings. The topological polar surface area (TPSA) is 67.1 Å². The number of rotatable bonds is 2. The van der Waals surface area contributed by atoms with E-state index in [4.69, 9.17) is 5.73 Å². The van der Waals surface area contributed by atoms with E-state index in [1.54, 1.807) is 0 Å². The van der Waals surface area contributed by atoms with Crippen LogP contribution in [0.25, 0.3) is 11.3 Å². The van der Waals surface area contributed by atoms with Crippen molar-refractivity contribution >= 4 is 17.5 Å². The van der Waals surface area contributed by atoms with E-state index in [-0.39, 0.29) is 0 Å². The summed E-state index contributed by atoms with van der Waals surface area (Å²) < 4.78 is 0. The van der Waals surface area contributed by atoms with Crippen LogP contribution in [-0.4, -0.2) is 30.6 Å². The highest BCUT2D eigenvalue weighted by Gasteiger charge is 2.19. The van der Waals surface area contributed by atoms with Crippen LogP contribution in [0.2, 0.25) is 0 Å². The molecule has 98 valence electrons. The van der Waals surface area contributed by atoms with Crippen molar-refractivity contribution in [3.05, 3.63) is 29.8 Å². The lowest BCUT2D eigenvalue weighted by molar-refractivity contribution is 1.09. The van der Waals surface area contributed by atoms with E-state index in [9.17, 15) is 0 Å². The van der Waals surface area contributed by atoms with Crippen molar-refractivity contribution in [2.45, 2.75) is 6.42 Å². The first kappa shape index (κ1) is 11.8. The van der Waals surface area contributed by atoms with Crippen LogP contribution in [0.1, 0.15) is 5.56 Å². The molecule has 1 aliphatic heterocycles. The quantitative estimate of drug-likeness (QED) is 0.856. The van der Waals surface area contributed by atoms with Crippen LogP contribution in [0.3, 0.4) is 0 Å². The molecule has 19 heavy (non-hydrogen) atoms. The molecule has 5 heteroatoms. The van der Waals surface area contributed by atoms with Gasteiger partial charge in [-0.1, -0.05) is 12.1 Å². The molecule has 3 N–H and O–H groups in total. The molecule has 0 radical (unpaired) electrons. The van der Waals surface area contributed by atoms with Crippen LogP contribution in [-0.2, 0) is 6.42 Å². The van der Waals surface area contributed by atoms with Gasteiger partial charge in [0.15, 0.2) is 0 Å². The van der Waals surface area contributed by atoms with E-state index >= 15 is 0 Å². The molecule has 0 saturated carbocycles. The molecule has 1 aromatic carbocycles. The van der Waals surface area contributed by atoms with Gasteiger partial charge in [0.2, 0.25) is 5.95 Å². The highest BCUT2D eigenvalue weighted by atomic mass is 15.1. The summed E-state index contributed by atoms with van der Waals surface area (Å²) in [7, 11) is 4.05. The SMILES string of the molecule is CN(C)c1cccc(-c2nc(N)nc3c2CCN3)c1. The summed E-state index contributed by atoms with van der Waals surface area (Å²) in [5, 5.41) is 3.25. The van der Waals surface area contributed by atoms with E-state index in [1.165, 1.54) is 0 Å². The number of hydrogen-bond donors (Lipinski definition) is 2. The Kier molecular flexibility index (Phi) is 2.74. The van der Waals surface area contributed by atoms with Crippen LogP contribution in [0, 0.1) is 0 Å². The maximum atomic E-state index is 5.79. The van der Waals surface area contributed by atoms with Crippen LogP contribution < -0.4 is 16.0 Å². The summed E-state index contributed by atoms with van der Waals surface area (Å²) in [6.07, 6.45) is 0.942. The second-order valence-electron chi connectivity index (χ2n) is 4.88. The molecule has 0 fully saturated rings. The van der Waals surface area contributed by atoms with Gasteiger partial charge in [-0.2, -0.15) is 4.98 Å². The molecule has 0 aliphatic carbocycles. The average Bonchev–Trinajstić information content (AvgIpc) is 2.85. The van der Waals surface area contributed by atoms with E-state index in [0.29, 0.717) is 5.95 Å². The van der Waals surface area contributed by atoms with Crippen LogP contribution in [0.15, 0.2) is 24.3 Å². The van der Waals surface area contributed by atoms with Gasteiger partial charge in [0.05, 0.1) is 5.69 Å². The zero-order valence-corrected chi connectivity index (χ0v) is 11.1. The van der Waals surface area contributed by atoms with E-state index < -0.39 is 0 Å². The number of anilines is 3. The van der Waals surface area contributed by atoms with Gasteiger partial charge in [0, 0.05) is 37.5 Å². The Morgan fingerprint density at radius 2 is 2.11 bits per heavy atom. The molecular weight excluding hydrogens is 238 g/mol. The van der Waals surface area contributed by atoms with E-state index in [1.807, 2.05) is 20.2 Å². The summed E-state index contributed by atoms with van der Waals surface area (Å²) in [6.45, 7) is 0.897. The van der Waals surface area contributed by atoms with Gasteiger partial charge in [-0.15, -0.1) is 0 Å². The Labute approximate surface area is 112 Å². The molecule has 0 spiro atoms. The maximum Gasteiger partial charge on any atom is 0.222 e. The molecule has 2 aromatic rings. The van der Waals surface area contributed by atoms with E-state index in [0.717, 1.165) is 41.3 Å². The zero-order valence-electron chi connectivity index (χ0n) is 11.1. The number of nitrogens with two attached hydrogens (primary N) is 1. The lowest BCUT2D eigenvalue weighted by atomic mass is 10.0. The minimum atomic E-state index is 0.318. The smallest absolute Gasteiger partial charge is 0.222 e. The van der Waals surface area contributed by atoms with Gasteiger partial charge in [-0.25, -0.2) is 4.98 Å². The van der Waals surface area contributed by atoms with E-state index in [2.05, 4.69) is 38.4 Å². The predicted molar refractivity (Wildman–Crippen MR) is 78.4 cm³/mol. The van der Waals surface area contributed by atoms with Crippen LogP contribution in [0.5, 0.6) is 0 Å². The normalized spacial score (nSPS) is 12.9. The minimum Gasteiger partial charge on any atom is -0.378 e. The number of aromatic nitrogens is 2. The van der Waals surface area contributed by atoms with Crippen molar-refractivity contribution in [2.75, 3.05) is 36.6 Å². The van der Waals surface area contributed by atoms with Gasteiger partial charge < -0.3 is 16.0 Å². The minimum absolute atomic E-state index is 0.318. The Balaban J connectivity index is 2.14. The molecule has 2 heterocycles. The third-order valence-electron chi connectivity index (χ3n) is 3.33. The number of fused-ring (bicyclic) bond motifs is 1. The number of nitrogen functional groups attached to an aromatic ring is 1. The standard InChI is InChI=1S/C14H17N5/c1-19(2)10-5-3-4-9(8-10)12-11-6-7-16-13(11)18-14(15)17-12/h3-5,8H,6-7H2,1-2H3,(H3,15,16,17,18). The average molecular weight is 255 g/mol. The molecule has 0 amide bonds. The molecule has 1 aromatic heterocycles. The Morgan fingerprint density at radius 3 is 2.89 bits per heavy atom. The highest BCUT2D eigenvalue weighted by molar-refractivity contribution is 5.74. The summed E-state index contributed by atoms with van der Waals surface area (Å²) in [5.74, 6) is 1.19. The lowest BCUT2D eigenvalue weighted by Crippen LogP contribution is -2.08. The van der Waals surface area contributed by atoms with Crippen molar-refractivity contribution in [3.8, 4) is 11.3 Å². The van der Waals surface area contributed by atoms with Gasteiger partial charge in [0.1, 0.15) is 5.82 Å². The summed E-state index contributed by atoms with van der Waals surface area (Å²) in [4.78, 5) is 10.7. The fourth-order valence-corrected chi connectivity index (χ4v) is 2.36. The first-order chi connectivity index (χ1) is 9.15. The Bertz CT molecular complexity index is 621. The lowest BCUT2D eigenvalue weighted by Gasteiger charge is -2.14. The van der Waals surface area contributed by atoms with Crippen molar-refractivity contribution in [1.82, 2.24) is 9.97 Å². The van der Waals surface area contributed by atoms with Crippen molar-refractivity contribution in [2.24, 2.45) is 0 Å². The third-order valence-corrected chi connectivity index (χ3v) is 3.33. The van der Waals surface area contributed by atoms with Crippen molar-refractivity contribution < 1.29 is 0 Å². The Hall–Kier alpha value is -2.30. The largest absolute Gasteiger partial charge is 0.378 e. The maximum absolute atomic E-state index is 5.79. The fourth-order valence-electron chi connectivity index (χ4n) is 2.36. The van der Waals surface area contributed by atoms with Crippen molar-refractivity contribution in [1.29, 1.82) is 0 Å².